The minimum Gasteiger partial charge on any atom is -0.484 e. The lowest BCUT2D eigenvalue weighted by Crippen LogP contribution is -2.22. The molecule has 4 N–H and O–H groups in total. The van der Waals surface area contributed by atoms with E-state index in [0.717, 1.165) is 68.1 Å². The highest BCUT2D eigenvalue weighted by Gasteiger charge is 2.25. The molecule has 266 valence electrons. The molecule has 0 spiro atoms. The number of nitrogen functional groups attached to an aromatic ring is 1. The fourth-order valence-electron chi connectivity index (χ4n) is 5.82. The van der Waals surface area contributed by atoms with E-state index in [0.29, 0.717) is 28.3 Å². The van der Waals surface area contributed by atoms with E-state index in [4.69, 9.17) is 20.7 Å². The molecule has 0 bridgehead atoms. The van der Waals surface area contributed by atoms with Crippen molar-refractivity contribution in [3.63, 3.8) is 0 Å². The summed E-state index contributed by atoms with van der Waals surface area (Å²) in [5, 5.41) is 18.9. The number of fused-ring (bicyclic) bond motifs is 1. The van der Waals surface area contributed by atoms with Crippen molar-refractivity contribution < 1.29 is 27.0 Å². The van der Waals surface area contributed by atoms with Crippen LogP contribution in [0.3, 0.4) is 0 Å². The van der Waals surface area contributed by atoms with Crippen LogP contribution in [0.5, 0.6) is 5.75 Å². The number of halogens is 2. The number of hydrogen-bond acceptors (Lipinski definition) is 8. The van der Waals surface area contributed by atoms with Gasteiger partial charge in [0.1, 0.15) is 29.2 Å². The second kappa shape index (κ2) is 16.3. The van der Waals surface area contributed by atoms with Gasteiger partial charge in [0, 0.05) is 49.3 Å². The first kappa shape index (κ1) is 36.5. The number of rotatable bonds is 18. The molecule has 0 aliphatic heterocycles. The highest BCUT2D eigenvalue weighted by atomic mass is 32.2. The van der Waals surface area contributed by atoms with Crippen molar-refractivity contribution in [3.8, 4) is 28.1 Å². The quantitative estimate of drug-likeness (QED) is 0.0634. The van der Waals surface area contributed by atoms with Crippen LogP contribution in [0.15, 0.2) is 73.7 Å². The average Bonchev–Trinajstić information content (AvgIpc) is 3.72. The fourth-order valence-corrected chi connectivity index (χ4v) is 6.66. The molecular weight excluding hydrogens is 665 g/mol. The number of aryl methyl sites for hydroxylation is 2. The Bertz CT molecular complexity index is 2030. The van der Waals surface area contributed by atoms with Crippen LogP contribution in [0.4, 0.5) is 20.3 Å². The van der Waals surface area contributed by atoms with E-state index in [1.165, 1.54) is 18.2 Å². The van der Waals surface area contributed by atoms with Gasteiger partial charge in [0.2, 0.25) is 5.50 Å². The third kappa shape index (κ3) is 8.48. The van der Waals surface area contributed by atoms with Gasteiger partial charge < -0.3 is 15.6 Å². The van der Waals surface area contributed by atoms with Crippen LogP contribution in [0.25, 0.3) is 33.3 Å². The molecule has 0 amide bonds. The van der Waals surface area contributed by atoms with Gasteiger partial charge in [0.15, 0.2) is 0 Å². The Balaban J connectivity index is 1.45. The zero-order chi connectivity index (χ0) is 35.8. The van der Waals surface area contributed by atoms with Crippen LogP contribution in [0, 0.1) is 5.82 Å². The van der Waals surface area contributed by atoms with Gasteiger partial charge in [-0.15, -0.1) is 0 Å². The largest absolute Gasteiger partial charge is 0.484 e. The van der Waals surface area contributed by atoms with E-state index in [9.17, 15) is 17.2 Å². The second-order valence-electron chi connectivity index (χ2n) is 12.2. The summed E-state index contributed by atoms with van der Waals surface area (Å²) < 4.78 is 65.3. The van der Waals surface area contributed by atoms with E-state index >= 15 is 0 Å². The Kier molecular flexibility index (Phi) is 11.9. The number of alkyl halides is 1. The molecule has 5 rings (SSSR count). The first-order chi connectivity index (χ1) is 24.0. The molecule has 0 saturated carbocycles. The zero-order valence-electron chi connectivity index (χ0n) is 28.2. The number of benzene rings is 2. The van der Waals surface area contributed by atoms with E-state index in [1.54, 1.807) is 55.3 Å². The van der Waals surface area contributed by atoms with Gasteiger partial charge in [-0.25, -0.2) is 22.2 Å². The Morgan fingerprint density at radius 2 is 1.74 bits per heavy atom. The van der Waals surface area contributed by atoms with Crippen LogP contribution < -0.4 is 15.2 Å². The molecule has 50 heavy (non-hydrogen) atoms. The maximum Gasteiger partial charge on any atom is 0.269 e. The number of sulfonamides is 1. The van der Waals surface area contributed by atoms with Crippen LogP contribution >= 0.6 is 0 Å². The van der Waals surface area contributed by atoms with Gasteiger partial charge in [-0.2, -0.15) is 10.2 Å². The maximum atomic E-state index is 14.3. The lowest BCUT2D eigenvalue weighted by atomic mass is 10.0. The van der Waals surface area contributed by atoms with Crippen LogP contribution in [0.1, 0.15) is 63.5 Å². The van der Waals surface area contributed by atoms with Gasteiger partial charge in [-0.3, -0.25) is 14.1 Å². The van der Waals surface area contributed by atoms with Gasteiger partial charge in [-0.05, 0) is 55.7 Å². The number of aliphatic hydroxyl groups is 1. The lowest BCUT2D eigenvalue weighted by molar-refractivity contribution is 0.228. The molecule has 3 aromatic heterocycles. The van der Waals surface area contributed by atoms with Crippen molar-refractivity contribution >= 4 is 32.4 Å². The topological polar surface area (TPSA) is 150 Å². The predicted molar refractivity (Wildman–Crippen MR) is 192 cm³/mol. The number of anilines is 2. The molecule has 2 atom stereocenters. The molecule has 0 saturated heterocycles. The molecular formula is C36H43F2N7O4S. The third-order valence-electron chi connectivity index (χ3n) is 8.51. The molecule has 3 heterocycles. The minimum absolute atomic E-state index is 0.00616. The second-order valence-corrected chi connectivity index (χ2v) is 13.9. The van der Waals surface area contributed by atoms with Crippen molar-refractivity contribution in [2.75, 3.05) is 17.1 Å². The Hall–Kier alpha value is -4.82. The van der Waals surface area contributed by atoms with Gasteiger partial charge in [0.25, 0.3) is 10.0 Å². The molecule has 0 aliphatic rings. The summed E-state index contributed by atoms with van der Waals surface area (Å²) in [5.41, 5.74) is 8.12. The molecule has 0 fully saturated rings. The number of aromatic nitrogens is 5. The van der Waals surface area contributed by atoms with Crippen LogP contribution in [-0.2, 0) is 23.6 Å². The molecule has 1 unspecified atom stereocenters. The summed E-state index contributed by atoms with van der Waals surface area (Å²) in [4.78, 5) is 4.49. The number of nitrogens with zero attached hydrogens (tertiary/aromatic N) is 5. The molecule has 5 aromatic rings. The van der Waals surface area contributed by atoms with Crippen molar-refractivity contribution in [2.45, 2.75) is 70.0 Å². The van der Waals surface area contributed by atoms with Gasteiger partial charge in [0.05, 0.1) is 22.8 Å². The van der Waals surface area contributed by atoms with Crippen molar-refractivity contribution in [1.29, 1.82) is 0 Å². The Morgan fingerprint density at radius 3 is 2.44 bits per heavy atom. The summed E-state index contributed by atoms with van der Waals surface area (Å²) in [7, 11) is -2.69. The number of pyridine rings is 1. The monoisotopic (exact) mass is 707 g/mol. The minimum atomic E-state index is -4.48. The van der Waals surface area contributed by atoms with E-state index in [-0.39, 0.29) is 23.9 Å². The van der Waals surface area contributed by atoms with E-state index in [2.05, 4.69) is 21.4 Å². The highest BCUT2D eigenvalue weighted by Crippen LogP contribution is 2.40. The summed E-state index contributed by atoms with van der Waals surface area (Å²) in [6, 6.07) is 10.4. The number of aliphatic hydroxyl groups excluding tert-OH is 1. The molecule has 0 aliphatic carbocycles. The lowest BCUT2D eigenvalue weighted by Gasteiger charge is -2.20. The smallest absolute Gasteiger partial charge is 0.269 e. The van der Waals surface area contributed by atoms with Gasteiger partial charge >= 0.3 is 0 Å². The Morgan fingerprint density at radius 1 is 1.04 bits per heavy atom. The molecule has 11 nitrogen and oxygen atoms in total. The van der Waals surface area contributed by atoms with Gasteiger partial charge in [-0.1, -0.05) is 56.9 Å². The third-order valence-corrected chi connectivity index (χ3v) is 9.80. The number of nitrogens with two attached hydrogens (primary N) is 1. The first-order valence-electron chi connectivity index (χ1n) is 16.6. The number of nitrogens with one attached hydrogen (secondary N) is 1. The SMILES string of the molecule is C=CC(F)S(=O)(=O)Nc1ccc(-c2nn(C)c3c(-c4cnn(CCCCCCCCCO)c4)cnc(N)c23)cc1O[C@@H](C)c1ccc(F)cc1. The molecule has 14 heteroatoms. The molecule has 2 aromatic carbocycles. The standard InChI is InChI=1S/C36H43F2N7O4S/c1-4-32(38)50(47,48)43-30-17-14-26(20-31(30)49-24(2)25-12-15-28(37)16-13-25)34-33-35(44(3)42-34)29(22-40-36(33)39)27-21-41-45(23-27)18-10-8-6-5-7-9-11-19-46/h4,12-17,20-24,32,43,46H,1,5-11,18-19H2,2-3H3,(H2,39,40)/t24-,32?/m0/s1. The highest BCUT2D eigenvalue weighted by molar-refractivity contribution is 7.93. The van der Waals surface area contributed by atoms with Crippen molar-refractivity contribution in [2.24, 2.45) is 7.05 Å². The first-order valence-corrected chi connectivity index (χ1v) is 18.2. The average molecular weight is 708 g/mol. The number of ether oxygens (including phenoxy) is 1. The summed E-state index contributed by atoms with van der Waals surface area (Å²) in [5.74, 6) is -0.0737. The summed E-state index contributed by atoms with van der Waals surface area (Å²) in [6.07, 6.45) is 13.0. The van der Waals surface area contributed by atoms with Crippen molar-refractivity contribution in [3.05, 3.63) is 85.1 Å². The predicted octanol–water partition coefficient (Wildman–Crippen LogP) is 7.31. The number of unbranched alkanes of at least 4 members (excludes halogenated alkanes) is 6. The molecule has 0 radical (unpaired) electrons. The summed E-state index contributed by atoms with van der Waals surface area (Å²) >= 11 is 0. The van der Waals surface area contributed by atoms with E-state index in [1.807, 2.05) is 10.9 Å². The normalized spacial score (nSPS) is 13.0. The Labute approximate surface area is 290 Å². The van der Waals surface area contributed by atoms with E-state index < -0.39 is 27.4 Å². The number of hydrogen-bond donors (Lipinski definition) is 3. The van der Waals surface area contributed by atoms with Crippen LogP contribution in [-0.4, -0.2) is 50.2 Å². The maximum absolute atomic E-state index is 14.3. The zero-order valence-corrected chi connectivity index (χ0v) is 29.0. The van der Waals surface area contributed by atoms with Crippen LogP contribution in [0.2, 0.25) is 0 Å². The summed E-state index contributed by atoms with van der Waals surface area (Å²) in [6.45, 7) is 6.01. The fraction of sp³-hybridized carbons (Fsp3) is 0.361. The van der Waals surface area contributed by atoms with Crippen molar-refractivity contribution in [1.82, 2.24) is 24.5 Å².